The smallest absolute Gasteiger partial charge is 0.344 e. The van der Waals surface area contributed by atoms with Crippen molar-refractivity contribution in [2.75, 3.05) is 6.61 Å². The van der Waals surface area contributed by atoms with Crippen LogP contribution in [0.15, 0.2) is 59.8 Å². The highest BCUT2D eigenvalue weighted by Crippen LogP contribution is 2.15. The third-order valence-electron chi connectivity index (χ3n) is 2.79. The third-order valence-corrected chi connectivity index (χ3v) is 2.79. The Morgan fingerprint density at radius 2 is 1.75 bits per heavy atom. The topological polar surface area (TPSA) is 58.9 Å². The van der Waals surface area contributed by atoms with Gasteiger partial charge in [-0.05, 0) is 12.5 Å². The fourth-order valence-corrected chi connectivity index (χ4v) is 1.84. The molecule has 4 nitrogen and oxygen atoms in total. The number of aliphatic carboxylic acids is 1. The van der Waals surface area contributed by atoms with Crippen LogP contribution in [0.25, 0.3) is 0 Å². The molecule has 0 aliphatic carbocycles. The van der Waals surface area contributed by atoms with Crippen LogP contribution in [0, 0.1) is 6.92 Å². The quantitative estimate of drug-likeness (QED) is 0.670. The molecule has 0 heterocycles. The Morgan fingerprint density at radius 1 is 1.10 bits per heavy atom. The monoisotopic (exact) mass is 269 g/mol. The summed E-state index contributed by atoms with van der Waals surface area (Å²) in [7, 11) is 0. The van der Waals surface area contributed by atoms with Gasteiger partial charge in [0.25, 0.3) is 0 Å². The summed E-state index contributed by atoms with van der Waals surface area (Å²) in [6.45, 7) is 1.52. The Kier molecular flexibility index (Phi) is 4.50. The zero-order valence-electron chi connectivity index (χ0n) is 11.1. The Hall–Kier alpha value is -2.62. The highest BCUT2D eigenvalue weighted by Gasteiger charge is 2.10. The molecule has 0 bridgehead atoms. The third kappa shape index (κ3) is 3.45. The SMILES string of the molecule is Cc1ccccc1/C(=N/OCC(=O)O)c1ccccc1. The number of rotatable bonds is 5. The van der Waals surface area contributed by atoms with Gasteiger partial charge in [0, 0.05) is 11.1 Å². The summed E-state index contributed by atoms with van der Waals surface area (Å²) in [5, 5.41) is 12.6. The fraction of sp³-hybridized carbons (Fsp3) is 0.125. The van der Waals surface area contributed by atoms with Crippen LogP contribution in [-0.2, 0) is 9.63 Å². The maximum Gasteiger partial charge on any atom is 0.344 e. The Morgan fingerprint density at radius 3 is 2.40 bits per heavy atom. The fourth-order valence-electron chi connectivity index (χ4n) is 1.84. The van der Waals surface area contributed by atoms with Crippen molar-refractivity contribution in [3.05, 3.63) is 71.3 Å². The van der Waals surface area contributed by atoms with Gasteiger partial charge in [-0.1, -0.05) is 59.8 Å². The molecule has 0 aliphatic heterocycles. The summed E-state index contributed by atoms with van der Waals surface area (Å²) in [6.07, 6.45) is 0. The molecule has 1 N–H and O–H groups in total. The van der Waals surface area contributed by atoms with E-state index in [0.717, 1.165) is 16.7 Å². The summed E-state index contributed by atoms with van der Waals surface area (Å²) < 4.78 is 0. The molecule has 0 saturated heterocycles. The van der Waals surface area contributed by atoms with Gasteiger partial charge in [0.2, 0.25) is 6.61 Å². The van der Waals surface area contributed by atoms with Crippen LogP contribution in [0.4, 0.5) is 0 Å². The molecule has 2 aromatic carbocycles. The van der Waals surface area contributed by atoms with Gasteiger partial charge in [-0.3, -0.25) is 0 Å². The van der Waals surface area contributed by atoms with Crippen molar-refractivity contribution in [3.63, 3.8) is 0 Å². The van der Waals surface area contributed by atoms with E-state index in [2.05, 4.69) is 5.16 Å². The van der Waals surface area contributed by atoms with Gasteiger partial charge in [-0.25, -0.2) is 4.79 Å². The first-order valence-corrected chi connectivity index (χ1v) is 6.21. The number of oxime groups is 1. The maximum absolute atomic E-state index is 10.5. The summed E-state index contributed by atoms with van der Waals surface area (Å²) in [5.41, 5.74) is 3.48. The Labute approximate surface area is 117 Å². The van der Waals surface area contributed by atoms with E-state index in [0.29, 0.717) is 5.71 Å². The van der Waals surface area contributed by atoms with Crippen LogP contribution in [0.3, 0.4) is 0 Å². The molecule has 4 heteroatoms. The van der Waals surface area contributed by atoms with Crippen molar-refractivity contribution in [2.45, 2.75) is 6.92 Å². The molecular weight excluding hydrogens is 254 g/mol. The summed E-state index contributed by atoms with van der Waals surface area (Å²) in [6, 6.07) is 17.3. The first kappa shape index (κ1) is 13.8. The minimum absolute atomic E-state index is 0.456. The lowest BCUT2D eigenvalue weighted by Gasteiger charge is -2.09. The zero-order chi connectivity index (χ0) is 14.4. The summed E-state index contributed by atoms with van der Waals surface area (Å²) in [4.78, 5) is 15.4. The minimum Gasteiger partial charge on any atom is -0.479 e. The first-order chi connectivity index (χ1) is 9.68. The van der Waals surface area contributed by atoms with E-state index in [1.165, 1.54) is 0 Å². The molecule has 0 aromatic heterocycles. The molecule has 102 valence electrons. The molecule has 0 spiro atoms. The van der Waals surface area contributed by atoms with Gasteiger partial charge < -0.3 is 9.94 Å². The van der Waals surface area contributed by atoms with Gasteiger partial charge in [-0.2, -0.15) is 0 Å². The highest BCUT2D eigenvalue weighted by molar-refractivity contribution is 6.13. The Balaban J connectivity index is 2.40. The standard InChI is InChI=1S/C16H15NO3/c1-12-7-5-6-10-14(12)16(17-20-11-15(18)19)13-8-3-2-4-9-13/h2-10H,11H2,1H3,(H,18,19)/b17-16+. The van der Waals surface area contributed by atoms with Gasteiger partial charge in [0.1, 0.15) is 5.71 Å². The second kappa shape index (κ2) is 6.52. The van der Waals surface area contributed by atoms with Crippen molar-refractivity contribution >= 4 is 11.7 Å². The molecule has 20 heavy (non-hydrogen) atoms. The van der Waals surface area contributed by atoms with E-state index in [1.807, 2.05) is 61.5 Å². The normalized spacial score (nSPS) is 11.2. The minimum atomic E-state index is -1.05. The van der Waals surface area contributed by atoms with Crippen LogP contribution in [0.1, 0.15) is 16.7 Å². The predicted octanol–water partition coefficient (Wildman–Crippen LogP) is 2.85. The number of hydrogen-bond acceptors (Lipinski definition) is 3. The van der Waals surface area contributed by atoms with Crippen LogP contribution in [-0.4, -0.2) is 23.4 Å². The van der Waals surface area contributed by atoms with Crippen molar-refractivity contribution in [1.82, 2.24) is 0 Å². The predicted molar refractivity (Wildman–Crippen MR) is 76.8 cm³/mol. The first-order valence-electron chi connectivity index (χ1n) is 6.21. The Bertz CT molecular complexity index is 621. The summed E-state index contributed by atoms with van der Waals surface area (Å²) >= 11 is 0. The molecule has 0 amide bonds. The lowest BCUT2D eigenvalue weighted by Crippen LogP contribution is -2.09. The number of carbonyl (C=O) groups is 1. The van der Waals surface area contributed by atoms with Gasteiger partial charge in [-0.15, -0.1) is 0 Å². The van der Waals surface area contributed by atoms with Gasteiger partial charge >= 0.3 is 5.97 Å². The molecule has 0 aliphatic rings. The largest absolute Gasteiger partial charge is 0.479 e. The van der Waals surface area contributed by atoms with E-state index in [9.17, 15) is 4.79 Å². The molecule has 0 saturated carbocycles. The lowest BCUT2D eigenvalue weighted by atomic mass is 9.98. The number of carboxylic acid groups (broad SMARTS) is 1. The summed E-state index contributed by atoms with van der Waals surface area (Å²) in [5.74, 6) is -1.05. The lowest BCUT2D eigenvalue weighted by molar-refractivity contribution is -0.142. The van der Waals surface area contributed by atoms with Crippen LogP contribution in [0.5, 0.6) is 0 Å². The average Bonchev–Trinajstić information content (AvgIpc) is 2.45. The number of aryl methyl sites for hydroxylation is 1. The zero-order valence-corrected chi connectivity index (χ0v) is 11.1. The van der Waals surface area contributed by atoms with E-state index < -0.39 is 12.6 Å². The number of carboxylic acids is 1. The molecule has 0 atom stereocenters. The van der Waals surface area contributed by atoms with Crippen molar-refractivity contribution in [3.8, 4) is 0 Å². The van der Waals surface area contributed by atoms with Crippen LogP contribution in [0.2, 0.25) is 0 Å². The molecular formula is C16H15NO3. The molecule has 0 radical (unpaired) electrons. The van der Waals surface area contributed by atoms with E-state index in [4.69, 9.17) is 9.94 Å². The molecule has 0 unspecified atom stereocenters. The average molecular weight is 269 g/mol. The molecule has 2 rings (SSSR count). The van der Waals surface area contributed by atoms with E-state index in [-0.39, 0.29) is 0 Å². The molecule has 0 fully saturated rings. The van der Waals surface area contributed by atoms with Crippen LogP contribution >= 0.6 is 0 Å². The van der Waals surface area contributed by atoms with Gasteiger partial charge in [0.15, 0.2) is 0 Å². The number of hydrogen-bond donors (Lipinski definition) is 1. The van der Waals surface area contributed by atoms with Crippen LogP contribution < -0.4 is 0 Å². The van der Waals surface area contributed by atoms with Crippen molar-refractivity contribution in [1.29, 1.82) is 0 Å². The number of nitrogens with zero attached hydrogens (tertiary/aromatic N) is 1. The molecule has 2 aromatic rings. The second-order valence-corrected chi connectivity index (χ2v) is 4.29. The van der Waals surface area contributed by atoms with Crippen molar-refractivity contribution < 1.29 is 14.7 Å². The maximum atomic E-state index is 10.5. The number of benzene rings is 2. The highest BCUT2D eigenvalue weighted by atomic mass is 16.6. The second-order valence-electron chi connectivity index (χ2n) is 4.29. The van der Waals surface area contributed by atoms with Crippen molar-refractivity contribution in [2.24, 2.45) is 5.16 Å². The van der Waals surface area contributed by atoms with Gasteiger partial charge in [0.05, 0.1) is 0 Å². The van der Waals surface area contributed by atoms with E-state index in [1.54, 1.807) is 0 Å². The van der Waals surface area contributed by atoms with E-state index >= 15 is 0 Å².